The molecule has 0 fully saturated rings. The summed E-state index contributed by atoms with van der Waals surface area (Å²) in [6.07, 6.45) is 0. The topological polar surface area (TPSA) is 35.6 Å². The molecular formula is C52H34N4. The minimum absolute atomic E-state index is 0.677. The highest BCUT2D eigenvalue weighted by atomic mass is 15.0. The number of aromatic nitrogens is 4. The highest BCUT2D eigenvalue weighted by Gasteiger charge is 2.23. The van der Waals surface area contributed by atoms with E-state index in [1.54, 1.807) is 0 Å². The molecule has 0 atom stereocenters. The molecule has 0 N–H and O–H groups in total. The van der Waals surface area contributed by atoms with Crippen molar-refractivity contribution in [3.63, 3.8) is 0 Å². The van der Waals surface area contributed by atoms with Gasteiger partial charge in [0.1, 0.15) is 0 Å². The Morgan fingerprint density at radius 1 is 0.304 bits per heavy atom. The van der Waals surface area contributed by atoms with Crippen LogP contribution in [0.2, 0.25) is 0 Å². The van der Waals surface area contributed by atoms with E-state index in [1.165, 1.54) is 21.5 Å². The Kier molecular flexibility index (Phi) is 7.46. The molecule has 56 heavy (non-hydrogen) atoms. The zero-order chi connectivity index (χ0) is 37.0. The molecule has 0 unspecified atom stereocenters. The minimum Gasteiger partial charge on any atom is -0.309 e. The summed E-state index contributed by atoms with van der Waals surface area (Å²) in [6.45, 7) is 0. The Bertz CT molecular complexity index is 3160. The molecule has 0 saturated heterocycles. The molecule has 0 aliphatic rings. The van der Waals surface area contributed by atoms with Gasteiger partial charge in [-0.05, 0) is 71.8 Å². The van der Waals surface area contributed by atoms with Crippen LogP contribution in [0.1, 0.15) is 0 Å². The molecule has 262 valence electrons. The van der Waals surface area contributed by atoms with E-state index in [0.29, 0.717) is 5.82 Å². The summed E-state index contributed by atoms with van der Waals surface area (Å²) in [4.78, 5) is 10.8. The van der Waals surface area contributed by atoms with Crippen LogP contribution in [0.25, 0.3) is 100 Å². The summed E-state index contributed by atoms with van der Waals surface area (Å²) in [5, 5.41) is 4.77. The second-order valence-electron chi connectivity index (χ2n) is 14.2. The van der Waals surface area contributed by atoms with Crippen LogP contribution in [-0.2, 0) is 0 Å². The van der Waals surface area contributed by atoms with Crippen LogP contribution in [0.4, 0.5) is 0 Å². The molecule has 0 radical (unpaired) electrons. The molecule has 0 aliphatic heterocycles. The number of benzene rings is 8. The predicted octanol–water partition coefficient (Wildman–Crippen LogP) is 13.3. The standard InChI is InChI=1S/C52H34N4/c1-5-18-35(19-6-1)45-34-46(36-20-7-2-8-21-36)54-52(53-45)44-33-50-43(39-26-13-15-29-47(39)56(50)38-24-11-4-12-25-38)32-42(44)40-28-17-31-49-51(40)41-27-14-16-30-48(41)55(49)37-22-9-3-10-23-37/h1-34H. The van der Waals surface area contributed by atoms with Crippen molar-refractivity contribution >= 4 is 43.6 Å². The van der Waals surface area contributed by atoms with E-state index >= 15 is 0 Å². The van der Waals surface area contributed by atoms with Crippen LogP contribution in [0.3, 0.4) is 0 Å². The van der Waals surface area contributed by atoms with Gasteiger partial charge in [0, 0.05) is 49.6 Å². The Morgan fingerprint density at radius 3 is 1.39 bits per heavy atom. The maximum atomic E-state index is 5.42. The Morgan fingerprint density at radius 2 is 0.786 bits per heavy atom. The number of para-hydroxylation sites is 4. The van der Waals surface area contributed by atoms with Gasteiger partial charge in [0.2, 0.25) is 0 Å². The molecular weight excluding hydrogens is 681 g/mol. The van der Waals surface area contributed by atoms with Crippen LogP contribution in [0.5, 0.6) is 0 Å². The van der Waals surface area contributed by atoms with Crippen LogP contribution in [0, 0.1) is 0 Å². The van der Waals surface area contributed by atoms with Crippen molar-refractivity contribution < 1.29 is 0 Å². The van der Waals surface area contributed by atoms with Crippen LogP contribution < -0.4 is 0 Å². The molecule has 0 aliphatic carbocycles. The molecule has 0 bridgehead atoms. The molecule has 0 amide bonds. The van der Waals surface area contributed by atoms with E-state index in [-0.39, 0.29) is 0 Å². The quantitative estimate of drug-likeness (QED) is 0.172. The fourth-order valence-electron chi connectivity index (χ4n) is 8.46. The van der Waals surface area contributed by atoms with Crippen molar-refractivity contribution in [2.75, 3.05) is 0 Å². The smallest absolute Gasteiger partial charge is 0.161 e. The van der Waals surface area contributed by atoms with Gasteiger partial charge in [0.25, 0.3) is 0 Å². The fourth-order valence-corrected chi connectivity index (χ4v) is 8.46. The van der Waals surface area contributed by atoms with Gasteiger partial charge in [0.05, 0.1) is 33.5 Å². The second kappa shape index (κ2) is 13.1. The summed E-state index contributed by atoms with van der Waals surface area (Å²) >= 11 is 0. The van der Waals surface area contributed by atoms with Crippen molar-refractivity contribution in [2.45, 2.75) is 0 Å². The lowest BCUT2D eigenvalue weighted by molar-refractivity contribution is 1.17. The average Bonchev–Trinajstić information content (AvgIpc) is 3.79. The number of hydrogen-bond donors (Lipinski definition) is 0. The van der Waals surface area contributed by atoms with E-state index in [9.17, 15) is 0 Å². The molecule has 4 heteroatoms. The number of hydrogen-bond acceptors (Lipinski definition) is 2. The van der Waals surface area contributed by atoms with Crippen LogP contribution in [-0.4, -0.2) is 19.1 Å². The van der Waals surface area contributed by atoms with Gasteiger partial charge in [-0.25, -0.2) is 9.97 Å². The summed E-state index contributed by atoms with van der Waals surface area (Å²) < 4.78 is 4.76. The van der Waals surface area contributed by atoms with Crippen molar-refractivity contribution in [2.24, 2.45) is 0 Å². The summed E-state index contributed by atoms with van der Waals surface area (Å²) in [5.41, 5.74) is 13.8. The van der Waals surface area contributed by atoms with Gasteiger partial charge in [-0.1, -0.05) is 146 Å². The largest absolute Gasteiger partial charge is 0.309 e. The first kappa shape index (κ1) is 31.9. The van der Waals surface area contributed by atoms with E-state index in [4.69, 9.17) is 9.97 Å². The predicted molar refractivity (Wildman–Crippen MR) is 232 cm³/mol. The van der Waals surface area contributed by atoms with Gasteiger partial charge in [-0.15, -0.1) is 0 Å². The van der Waals surface area contributed by atoms with E-state index < -0.39 is 0 Å². The maximum Gasteiger partial charge on any atom is 0.161 e. The van der Waals surface area contributed by atoms with Crippen molar-refractivity contribution in [1.82, 2.24) is 19.1 Å². The molecule has 11 rings (SSSR count). The molecule has 0 spiro atoms. The highest BCUT2D eigenvalue weighted by Crippen LogP contribution is 2.45. The second-order valence-corrected chi connectivity index (χ2v) is 14.2. The third kappa shape index (κ3) is 5.15. The monoisotopic (exact) mass is 714 g/mol. The van der Waals surface area contributed by atoms with Crippen molar-refractivity contribution in [3.8, 4) is 56.4 Å². The maximum absolute atomic E-state index is 5.42. The van der Waals surface area contributed by atoms with E-state index in [2.05, 4.69) is 203 Å². The average molecular weight is 715 g/mol. The lowest BCUT2D eigenvalue weighted by Gasteiger charge is -2.16. The van der Waals surface area contributed by atoms with Gasteiger partial charge in [0.15, 0.2) is 5.82 Å². The van der Waals surface area contributed by atoms with Crippen molar-refractivity contribution in [1.29, 1.82) is 0 Å². The lowest BCUT2D eigenvalue weighted by Crippen LogP contribution is -1.99. The third-order valence-corrected chi connectivity index (χ3v) is 10.9. The van der Waals surface area contributed by atoms with Gasteiger partial charge >= 0.3 is 0 Å². The fraction of sp³-hybridized carbons (Fsp3) is 0. The Hall–Kier alpha value is -7.56. The number of nitrogens with zero attached hydrogens (tertiary/aromatic N) is 4. The first-order valence-corrected chi connectivity index (χ1v) is 19.0. The summed E-state index contributed by atoms with van der Waals surface area (Å²) in [5.74, 6) is 0.677. The Balaban J connectivity index is 1.29. The molecule has 3 aromatic heterocycles. The zero-order valence-electron chi connectivity index (χ0n) is 30.4. The SMILES string of the molecule is c1ccc(-c2cc(-c3ccccc3)nc(-c3cc4c(cc3-c3cccc5c3c3ccccc3n5-c3ccccc3)c3ccccc3n4-c3ccccc3)n2)cc1. The van der Waals surface area contributed by atoms with Crippen molar-refractivity contribution in [3.05, 3.63) is 206 Å². The van der Waals surface area contributed by atoms with Gasteiger partial charge in [-0.2, -0.15) is 0 Å². The Labute approximate surface area is 324 Å². The van der Waals surface area contributed by atoms with E-state index in [1.807, 2.05) is 12.1 Å². The third-order valence-electron chi connectivity index (χ3n) is 10.9. The number of rotatable bonds is 6. The highest BCUT2D eigenvalue weighted by molar-refractivity contribution is 6.19. The van der Waals surface area contributed by atoms with Crippen LogP contribution >= 0.6 is 0 Å². The van der Waals surface area contributed by atoms with Gasteiger partial charge in [-0.3, -0.25) is 0 Å². The molecule has 11 aromatic rings. The molecule has 0 saturated carbocycles. The first-order chi connectivity index (χ1) is 27.8. The number of fused-ring (bicyclic) bond motifs is 6. The lowest BCUT2D eigenvalue weighted by atomic mass is 9.92. The minimum atomic E-state index is 0.677. The first-order valence-electron chi connectivity index (χ1n) is 19.0. The summed E-state index contributed by atoms with van der Waals surface area (Å²) in [6, 6.07) is 73.1. The molecule has 8 aromatic carbocycles. The normalized spacial score (nSPS) is 11.6. The zero-order valence-corrected chi connectivity index (χ0v) is 30.4. The summed E-state index contributed by atoms with van der Waals surface area (Å²) in [7, 11) is 0. The van der Waals surface area contributed by atoms with Crippen LogP contribution in [0.15, 0.2) is 206 Å². The molecule has 3 heterocycles. The van der Waals surface area contributed by atoms with E-state index in [0.717, 1.165) is 72.6 Å². The van der Waals surface area contributed by atoms with Gasteiger partial charge < -0.3 is 9.13 Å². The molecule has 4 nitrogen and oxygen atoms in total.